The van der Waals surface area contributed by atoms with Crippen LogP contribution in [0.25, 0.3) is 10.1 Å². The third-order valence-corrected chi connectivity index (χ3v) is 4.69. The van der Waals surface area contributed by atoms with Crippen molar-refractivity contribution in [3.63, 3.8) is 0 Å². The van der Waals surface area contributed by atoms with E-state index in [1.165, 1.54) is 6.07 Å². The zero-order valence-corrected chi connectivity index (χ0v) is 11.9. The van der Waals surface area contributed by atoms with E-state index in [-0.39, 0.29) is 16.5 Å². The fourth-order valence-corrected chi connectivity index (χ4v) is 3.56. The second kappa shape index (κ2) is 5.03. The van der Waals surface area contributed by atoms with E-state index in [0.29, 0.717) is 11.9 Å². The largest absolute Gasteiger partial charge is 0.477 e. The predicted octanol–water partition coefficient (Wildman–Crippen LogP) is 2.25. The molecule has 0 radical (unpaired) electrons. The zero-order chi connectivity index (χ0) is 14.3. The molecule has 3 rings (SSSR count). The van der Waals surface area contributed by atoms with Crippen molar-refractivity contribution in [3.05, 3.63) is 33.1 Å². The number of hydrogen-bond acceptors (Lipinski definition) is 4. The third-order valence-electron chi connectivity index (χ3n) is 3.62. The summed E-state index contributed by atoms with van der Waals surface area (Å²) in [5, 5.41) is 9.51. The first-order valence-corrected chi connectivity index (χ1v) is 7.37. The summed E-state index contributed by atoms with van der Waals surface area (Å²) in [5.74, 6) is -0.992. The van der Waals surface area contributed by atoms with Crippen LogP contribution < -0.4 is 5.56 Å². The van der Waals surface area contributed by atoms with E-state index in [9.17, 15) is 9.59 Å². The third kappa shape index (κ3) is 2.25. The number of hydrogen-bond donors (Lipinski definition) is 1. The maximum Gasteiger partial charge on any atom is 0.345 e. The molecule has 2 aromatic rings. The second-order valence-corrected chi connectivity index (χ2v) is 6.11. The fourth-order valence-electron chi connectivity index (χ4n) is 2.58. The van der Waals surface area contributed by atoms with Crippen LogP contribution in [0.1, 0.15) is 28.2 Å². The van der Waals surface area contributed by atoms with Gasteiger partial charge in [-0.1, -0.05) is 0 Å². The van der Waals surface area contributed by atoms with Crippen LogP contribution in [-0.2, 0) is 11.3 Å². The van der Waals surface area contributed by atoms with Gasteiger partial charge in [0.1, 0.15) is 4.88 Å². The van der Waals surface area contributed by atoms with Crippen LogP contribution in [0.4, 0.5) is 0 Å². The Labute approximate surface area is 119 Å². The maximum atomic E-state index is 12.5. The Kier molecular flexibility index (Phi) is 3.35. The summed E-state index contributed by atoms with van der Waals surface area (Å²) in [6.07, 6.45) is 2.08. The first-order chi connectivity index (χ1) is 9.56. The Morgan fingerprint density at radius 2 is 2.35 bits per heavy atom. The van der Waals surface area contributed by atoms with Crippen molar-refractivity contribution in [1.82, 2.24) is 4.57 Å². The van der Waals surface area contributed by atoms with Crippen molar-refractivity contribution < 1.29 is 14.6 Å². The van der Waals surface area contributed by atoms with Gasteiger partial charge in [0.05, 0.1) is 18.0 Å². The molecule has 0 bridgehead atoms. The molecule has 0 spiro atoms. The Morgan fingerprint density at radius 1 is 1.55 bits per heavy atom. The normalized spacial score (nSPS) is 18.8. The van der Waals surface area contributed by atoms with Gasteiger partial charge in [-0.05, 0) is 31.9 Å². The molecule has 3 heterocycles. The van der Waals surface area contributed by atoms with E-state index in [0.717, 1.165) is 41.2 Å². The molecule has 0 amide bonds. The lowest BCUT2D eigenvalue weighted by molar-refractivity contribution is 0.0702. The Bertz CT molecular complexity index is 725. The number of pyridine rings is 1. The number of fused-ring (bicyclic) bond motifs is 1. The molecule has 1 fully saturated rings. The molecule has 1 saturated heterocycles. The highest BCUT2D eigenvalue weighted by Crippen LogP contribution is 2.24. The lowest BCUT2D eigenvalue weighted by Crippen LogP contribution is -2.27. The van der Waals surface area contributed by atoms with Crippen LogP contribution in [0.2, 0.25) is 0 Å². The topological polar surface area (TPSA) is 68.5 Å². The predicted molar refractivity (Wildman–Crippen MR) is 76.8 cm³/mol. The van der Waals surface area contributed by atoms with Crippen molar-refractivity contribution in [2.75, 3.05) is 6.61 Å². The minimum atomic E-state index is -0.992. The summed E-state index contributed by atoms with van der Waals surface area (Å²) in [7, 11) is 0. The van der Waals surface area contributed by atoms with Gasteiger partial charge in [0.2, 0.25) is 0 Å². The first-order valence-electron chi connectivity index (χ1n) is 6.55. The molecule has 1 atom stereocenters. The molecule has 20 heavy (non-hydrogen) atoms. The van der Waals surface area contributed by atoms with Crippen molar-refractivity contribution in [2.45, 2.75) is 32.4 Å². The molecule has 106 valence electrons. The molecular formula is C14H15NO4S. The van der Waals surface area contributed by atoms with Crippen molar-refractivity contribution >= 4 is 27.4 Å². The average molecular weight is 293 g/mol. The van der Waals surface area contributed by atoms with Gasteiger partial charge in [0, 0.05) is 17.0 Å². The highest BCUT2D eigenvalue weighted by molar-refractivity contribution is 7.20. The molecule has 1 N–H and O–H groups in total. The Morgan fingerprint density at radius 3 is 3.00 bits per heavy atom. The van der Waals surface area contributed by atoms with E-state index in [2.05, 4.69) is 0 Å². The smallest absolute Gasteiger partial charge is 0.345 e. The minimum absolute atomic E-state index is 0.0847. The number of carbonyl (C=O) groups is 1. The quantitative estimate of drug-likeness (QED) is 0.942. The van der Waals surface area contributed by atoms with Gasteiger partial charge in [-0.25, -0.2) is 4.79 Å². The van der Waals surface area contributed by atoms with Gasteiger partial charge in [-0.2, -0.15) is 0 Å². The molecule has 1 unspecified atom stereocenters. The van der Waals surface area contributed by atoms with Crippen molar-refractivity contribution in [3.8, 4) is 0 Å². The molecule has 1 aliphatic heterocycles. The number of thiophene rings is 1. The monoisotopic (exact) mass is 293 g/mol. The number of rotatable bonds is 3. The lowest BCUT2D eigenvalue weighted by Gasteiger charge is -2.14. The molecule has 0 aromatic carbocycles. The number of nitrogens with zero attached hydrogens (tertiary/aromatic N) is 1. The SMILES string of the molecule is Cc1cc2sc(C(=O)O)cc2c(=O)n1CC1CCCO1. The maximum absolute atomic E-state index is 12.5. The number of carboxylic acid groups (broad SMARTS) is 1. The van der Waals surface area contributed by atoms with Crippen molar-refractivity contribution in [2.24, 2.45) is 0 Å². The van der Waals surface area contributed by atoms with E-state index >= 15 is 0 Å². The highest BCUT2D eigenvalue weighted by Gasteiger charge is 2.19. The summed E-state index contributed by atoms with van der Waals surface area (Å²) in [6, 6.07) is 3.35. The number of aryl methyl sites for hydroxylation is 1. The van der Waals surface area contributed by atoms with Gasteiger partial charge in [0.25, 0.3) is 5.56 Å². The summed E-state index contributed by atoms with van der Waals surface area (Å²) in [6.45, 7) is 3.16. The van der Waals surface area contributed by atoms with Crippen LogP contribution in [-0.4, -0.2) is 28.4 Å². The fraction of sp³-hybridized carbons (Fsp3) is 0.429. The van der Waals surface area contributed by atoms with E-state index < -0.39 is 5.97 Å². The number of ether oxygens (including phenoxy) is 1. The van der Waals surface area contributed by atoms with Gasteiger partial charge < -0.3 is 14.4 Å². The summed E-state index contributed by atoms with van der Waals surface area (Å²) >= 11 is 1.14. The minimum Gasteiger partial charge on any atom is -0.477 e. The van der Waals surface area contributed by atoms with Crippen LogP contribution in [0.3, 0.4) is 0 Å². The number of aromatic carboxylic acids is 1. The van der Waals surface area contributed by atoms with E-state index in [1.54, 1.807) is 4.57 Å². The average Bonchev–Trinajstić information content (AvgIpc) is 3.03. The van der Waals surface area contributed by atoms with Crippen LogP contribution in [0, 0.1) is 6.92 Å². The molecule has 5 nitrogen and oxygen atoms in total. The summed E-state index contributed by atoms with van der Waals surface area (Å²) < 4.78 is 7.99. The molecule has 0 saturated carbocycles. The van der Waals surface area contributed by atoms with Crippen LogP contribution in [0.15, 0.2) is 16.9 Å². The summed E-state index contributed by atoms with van der Waals surface area (Å²) in [5.41, 5.74) is 0.719. The van der Waals surface area contributed by atoms with E-state index in [4.69, 9.17) is 9.84 Å². The number of aromatic nitrogens is 1. The van der Waals surface area contributed by atoms with E-state index in [1.807, 2.05) is 13.0 Å². The Balaban J connectivity index is 2.07. The summed E-state index contributed by atoms with van der Waals surface area (Å²) in [4.78, 5) is 23.7. The van der Waals surface area contributed by atoms with Gasteiger partial charge in [0.15, 0.2) is 0 Å². The lowest BCUT2D eigenvalue weighted by atomic mass is 10.2. The number of carboxylic acids is 1. The Hall–Kier alpha value is -1.66. The molecular weight excluding hydrogens is 278 g/mol. The molecule has 2 aromatic heterocycles. The molecule has 0 aliphatic carbocycles. The molecule has 1 aliphatic rings. The van der Waals surface area contributed by atoms with Crippen LogP contribution in [0.5, 0.6) is 0 Å². The van der Waals surface area contributed by atoms with Gasteiger partial charge in [-0.15, -0.1) is 11.3 Å². The van der Waals surface area contributed by atoms with Gasteiger partial charge >= 0.3 is 5.97 Å². The zero-order valence-electron chi connectivity index (χ0n) is 11.1. The highest BCUT2D eigenvalue weighted by atomic mass is 32.1. The van der Waals surface area contributed by atoms with Crippen LogP contribution >= 0.6 is 11.3 Å². The van der Waals surface area contributed by atoms with Gasteiger partial charge in [-0.3, -0.25) is 4.79 Å². The first kappa shape index (κ1) is 13.3. The standard InChI is InChI=1S/C14H15NO4S/c1-8-5-11-10(6-12(20-11)14(17)18)13(16)15(8)7-9-3-2-4-19-9/h5-6,9H,2-4,7H2,1H3,(H,17,18). The second-order valence-electron chi connectivity index (χ2n) is 5.03. The molecule has 6 heteroatoms. The van der Waals surface area contributed by atoms with Crippen molar-refractivity contribution in [1.29, 1.82) is 0 Å².